The van der Waals surface area contributed by atoms with Gasteiger partial charge in [0, 0.05) is 6.04 Å². The molecule has 1 fully saturated rings. The van der Waals surface area contributed by atoms with Gasteiger partial charge in [0.05, 0.1) is 18.0 Å². The van der Waals surface area contributed by atoms with Gasteiger partial charge in [-0.25, -0.2) is 0 Å². The maximum Gasteiger partial charge on any atom is 0.257 e. The van der Waals surface area contributed by atoms with Crippen LogP contribution in [-0.2, 0) is 6.54 Å². The highest BCUT2D eigenvalue weighted by atomic mass is 32.1. The summed E-state index contributed by atoms with van der Waals surface area (Å²) in [6.45, 7) is 1.82. The molecule has 0 aliphatic carbocycles. The molecule has 1 N–H and O–H groups in total. The van der Waals surface area contributed by atoms with Crippen LogP contribution in [0.15, 0.2) is 21.9 Å². The molecule has 18 heavy (non-hydrogen) atoms. The second-order valence-electron chi connectivity index (χ2n) is 4.43. The van der Waals surface area contributed by atoms with E-state index in [4.69, 9.17) is 4.42 Å². The highest BCUT2D eigenvalue weighted by Gasteiger charge is 2.25. The van der Waals surface area contributed by atoms with Crippen molar-refractivity contribution < 1.29 is 9.52 Å². The number of rotatable bonds is 4. The molecule has 0 aromatic carbocycles. The maximum absolute atomic E-state index is 9.26. The minimum Gasteiger partial charge on any atom is -0.419 e. The van der Waals surface area contributed by atoms with Crippen molar-refractivity contribution in [3.05, 3.63) is 23.4 Å². The van der Waals surface area contributed by atoms with E-state index < -0.39 is 0 Å². The summed E-state index contributed by atoms with van der Waals surface area (Å²) in [6, 6.07) is 4.17. The fourth-order valence-electron chi connectivity index (χ4n) is 2.30. The van der Waals surface area contributed by atoms with E-state index in [0.29, 0.717) is 18.3 Å². The van der Waals surface area contributed by atoms with Gasteiger partial charge in [-0.3, -0.25) is 4.90 Å². The van der Waals surface area contributed by atoms with Crippen LogP contribution in [0.1, 0.15) is 18.7 Å². The number of thiophene rings is 1. The van der Waals surface area contributed by atoms with Gasteiger partial charge >= 0.3 is 0 Å². The third-order valence-corrected chi connectivity index (χ3v) is 4.10. The number of hydrogen-bond donors (Lipinski definition) is 1. The quantitative estimate of drug-likeness (QED) is 0.912. The number of likely N-dealkylation sites (tertiary alicyclic amines) is 1. The molecule has 5 nitrogen and oxygen atoms in total. The average Bonchev–Trinajstić information content (AvgIpc) is 3.10. The number of nitrogens with zero attached hydrogens (tertiary/aromatic N) is 3. The van der Waals surface area contributed by atoms with Crippen LogP contribution in [0.5, 0.6) is 0 Å². The molecule has 0 unspecified atom stereocenters. The van der Waals surface area contributed by atoms with Crippen LogP contribution in [0.2, 0.25) is 0 Å². The molecule has 2 aromatic rings. The van der Waals surface area contributed by atoms with Gasteiger partial charge in [-0.15, -0.1) is 21.5 Å². The van der Waals surface area contributed by atoms with Crippen molar-refractivity contribution in [3.8, 4) is 10.8 Å². The molecule has 0 spiro atoms. The molecule has 3 rings (SSSR count). The number of aliphatic hydroxyl groups is 1. The molecule has 96 valence electrons. The van der Waals surface area contributed by atoms with Crippen molar-refractivity contribution in [2.75, 3.05) is 13.2 Å². The predicted octanol–water partition coefficient (Wildman–Crippen LogP) is 1.75. The van der Waals surface area contributed by atoms with Crippen molar-refractivity contribution in [2.24, 2.45) is 0 Å². The molecule has 1 aliphatic heterocycles. The summed E-state index contributed by atoms with van der Waals surface area (Å²) in [5.74, 6) is 1.21. The van der Waals surface area contributed by atoms with Crippen LogP contribution in [0.25, 0.3) is 10.8 Å². The normalized spacial score (nSPS) is 20.6. The molecule has 0 amide bonds. The standard InChI is InChI=1S/C12H15N3O2S/c16-8-9-3-1-5-15(9)7-11-13-14-12(17-11)10-4-2-6-18-10/h2,4,6,9,16H,1,3,5,7-8H2/t9-/m1/s1. The van der Waals surface area contributed by atoms with Gasteiger partial charge in [0.25, 0.3) is 5.89 Å². The molecule has 6 heteroatoms. The van der Waals surface area contributed by atoms with Crippen molar-refractivity contribution >= 4 is 11.3 Å². The molecule has 2 aromatic heterocycles. The van der Waals surface area contributed by atoms with Crippen LogP contribution >= 0.6 is 11.3 Å². The molecular weight excluding hydrogens is 250 g/mol. The summed E-state index contributed by atoms with van der Waals surface area (Å²) < 4.78 is 5.65. The summed E-state index contributed by atoms with van der Waals surface area (Å²) in [5.41, 5.74) is 0. The first-order valence-electron chi connectivity index (χ1n) is 6.08. The van der Waals surface area contributed by atoms with Crippen molar-refractivity contribution in [3.63, 3.8) is 0 Å². The maximum atomic E-state index is 9.26. The molecule has 0 bridgehead atoms. The summed E-state index contributed by atoms with van der Waals surface area (Å²) in [7, 11) is 0. The molecule has 1 atom stereocenters. The van der Waals surface area contributed by atoms with E-state index in [1.165, 1.54) is 0 Å². The smallest absolute Gasteiger partial charge is 0.257 e. The summed E-state index contributed by atoms with van der Waals surface area (Å²) in [4.78, 5) is 3.19. The third kappa shape index (κ3) is 2.31. The lowest BCUT2D eigenvalue weighted by molar-refractivity contribution is 0.144. The first-order chi connectivity index (χ1) is 8.86. The van der Waals surface area contributed by atoms with E-state index in [0.717, 1.165) is 24.3 Å². The summed E-state index contributed by atoms with van der Waals surface area (Å²) >= 11 is 1.59. The van der Waals surface area contributed by atoms with Crippen LogP contribution in [0.4, 0.5) is 0 Å². The molecule has 0 saturated carbocycles. The number of aliphatic hydroxyl groups excluding tert-OH is 1. The number of hydrogen-bond acceptors (Lipinski definition) is 6. The van der Waals surface area contributed by atoms with Crippen molar-refractivity contribution in [1.29, 1.82) is 0 Å². The molecule has 1 aliphatic rings. The molecule has 1 saturated heterocycles. The van der Waals surface area contributed by atoms with E-state index in [9.17, 15) is 5.11 Å². The predicted molar refractivity (Wildman–Crippen MR) is 68.1 cm³/mol. The average molecular weight is 265 g/mol. The van der Waals surface area contributed by atoms with Gasteiger partial charge in [-0.1, -0.05) is 6.07 Å². The fraction of sp³-hybridized carbons (Fsp3) is 0.500. The highest BCUT2D eigenvalue weighted by molar-refractivity contribution is 7.13. The zero-order valence-electron chi connectivity index (χ0n) is 9.95. The fourth-order valence-corrected chi connectivity index (χ4v) is 2.95. The minimum absolute atomic E-state index is 0.200. The van der Waals surface area contributed by atoms with E-state index in [-0.39, 0.29) is 12.6 Å². The van der Waals surface area contributed by atoms with Crippen molar-refractivity contribution in [1.82, 2.24) is 15.1 Å². The Morgan fingerprint density at radius 2 is 2.44 bits per heavy atom. The van der Waals surface area contributed by atoms with E-state index in [1.54, 1.807) is 11.3 Å². The van der Waals surface area contributed by atoms with Gasteiger partial charge in [-0.2, -0.15) is 0 Å². The second kappa shape index (κ2) is 5.17. The Bertz CT molecular complexity index is 497. The zero-order valence-corrected chi connectivity index (χ0v) is 10.8. The van der Waals surface area contributed by atoms with Gasteiger partial charge in [0.2, 0.25) is 5.89 Å². The van der Waals surface area contributed by atoms with Crippen LogP contribution in [0, 0.1) is 0 Å². The highest BCUT2D eigenvalue weighted by Crippen LogP contribution is 2.24. The number of aromatic nitrogens is 2. The van der Waals surface area contributed by atoms with Gasteiger partial charge in [-0.05, 0) is 30.8 Å². The molecule has 0 radical (unpaired) electrons. The van der Waals surface area contributed by atoms with E-state index in [1.807, 2.05) is 17.5 Å². The van der Waals surface area contributed by atoms with E-state index >= 15 is 0 Å². The monoisotopic (exact) mass is 265 g/mol. The molecule has 3 heterocycles. The SMILES string of the molecule is OC[C@H]1CCCN1Cc1nnc(-c2cccs2)o1. The summed E-state index contributed by atoms with van der Waals surface area (Å²) in [6.07, 6.45) is 2.17. The second-order valence-corrected chi connectivity index (χ2v) is 5.38. The third-order valence-electron chi connectivity index (χ3n) is 3.25. The minimum atomic E-state index is 0.200. The lowest BCUT2D eigenvalue weighted by Crippen LogP contribution is -2.31. The summed E-state index contributed by atoms with van der Waals surface area (Å²) in [5, 5.41) is 19.4. The lowest BCUT2D eigenvalue weighted by Gasteiger charge is -2.20. The Kier molecular flexibility index (Phi) is 3.40. The van der Waals surface area contributed by atoms with Crippen LogP contribution < -0.4 is 0 Å². The lowest BCUT2D eigenvalue weighted by atomic mass is 10.2. The molecular formula is C12H15N3O2S. The van der Waals surface area contributed by atoms with Gasteiger partial charge in [0.15, 0.2) is 0 Å². The van der Waals surface area contributed by atoms with Crippen LogP contribution in [-0.4, -0.2) is 39.4 Å². The van der Waals surface area contributed by atoms with Gasteiger partial charge in [0.1, 0.15) is 0 Å². The Balaban J connectivity index is 1.70. The Morgan fingerprint density at radius 3 is 3.22 bits per heavy atom. The van der Waals surface area contributed by atoms with Gasteiger partial charge < -0.3 is 9.52 Å². The van der Waals surface area contributed by atoms with Crippen LogP contribution in [0.3, 0.4) is 0 Å². The Hall–Kier alpha value is -1.24. The van der Waals surface area contributed by atoms with E-state index in [2.05, 4.69) is 15.1 Å². The first-order valence-corrected chi connectivity index (χ1v) is 6.96. The Morgan fingerprint density at radius 1 is 1.50 bits per heavy atom. The largest absolute Gasteiger partial charge is 0.419 e. The zero-order chi connectivity index (χ0) is 12.4. The van der Waals surface area contributed by atoms with Crippen molar-refractivity contribution in [2.45, 2.75) is 25.4 Å². The topological polar surface area (TPSA) is 62.4 Å². The first kappa shape index (κ1) is 11.8. The Labute approximate surface area is 109 Å².